The lowest BCUT2D eigenvalue weighted by Crippen LogP contribution is -2.39. The number of amides is 2. The molecule has 2 aromatic heterocycles. The second kappa shape index (κ2) is 7.55. The summed E-state index contributed by atoms with van der Waals surface area (Å²) < 4.78 is 1.91. The Morgan fingerprint density at radius 1 is 1.28 bits per heavy atom. The quantitative estimate of drug-likeness (QED) is 0.876. The van der Waals surface area contributed by atoms with Crippen LogP contribution in [0.2, 0.25) is 0 Å². The average molecular weight is 342 g/mol. The number of carbonyl (C=O) groups is 1. The molecule has 0 bridgehead atoms. The van der Waals surface area contributed by atoms with Crippen LogP contribution in [0.15, 0.2) is 24.4 Å². The Morgan fingerprint density at radius 2 is 2.04 bits per heavy atom. The molecule has 1 fully saturated rings. The van der Waals surface area contributed by atoms with E-state index in [0.29, 0.717) is 12.2 Å². The Morgan fingerprint density at radius 3 is 2.64 bits per heavy atom. The number of urea groups is 1. The maximum Gasteiger partial charge on any atom is 0.319 e. The van der Waals surface area contributed by atoms with E-state index in [1.807, 2.05) is 43.7 Å². The Hall–Kier alpha value is -2.57. The molecular formula is C18H26N6O. The molecule has 7 nitrogen and oxygen atoms in total. The van der Waals surface area contributed by atoms with Gasteiger partial charge in [0.25, 0.3) is 0 Å². The summed E-state index contributed by atoms with van der Waals surface area (Å²) in [4.78, 5) is 18.9. The van der Waals surface area contributed by atoms with Gasteiger partial charge in [-0.05, 0) is 51.8 Å². The maximum atomic E-state index is 12.2. The molecule has 1 aliphatic rings. The van der Waals surface area contributed by atoms with Gasteiger partial charge in [-0.3, -0.25) is 4.68 Å². The largest absolute Gasteiger partial charge is 0.357 e. The number of aromatic nitrogens is 3. The maximum absolute atomic E-state index is 12.2. The van der Waals surface area contributed by atoms with E-state index in [2.05, 4.69) is 25.6 Å². The minimum atomic E-state index is -0.232. The van der Waals surface area contributed by atoms with Gasteiger partial charge in [-0.25, -0.2) is 9.78 Å². The van der Waals surface area contributed by atoms with E-state index in [1.165, 1.54) is 12.8 Å². The van der Waals surface area contributed by atoms with Crippen molar-refractivity contribution in [3.63, 3.8) is 0 Å². The Kier molecular flexibility index (Phi) is 5.21. The smallest absolute Gasteiger partial charge is 0.319 e. The molecular weight excluding hydrogens is 316 g/mol. The van der Waals surface area contributed by atoms with E-state index in [0.717, 1.165) is 30.3 Å². The van der Waals surface area contributed by atoms with Crippen LogP contribution in [-0.4, -0.2) is 39.9 Å². The Labute approximate surface area is 148 Å². The van der Waals surface area contributed by atoms with Crippen molar-refractivity contribution >= 4 is 17.5 Å². The van der Waals surface area contributed by atoms with Crippen molar-refractivity contribution in [1.82, 2.24) is 20.1 Å². The molecule has 7 heteroatoms. The first-order valence-corrected chi connectivity index (χ1v) is 8.81. The van der Waals surface area contributed by atoms with Gasteiger partial charge in [0, 0.05) is 24.8 Å². The minimum absolute atomic E-state index is 0.0326. The number of nitrogens with zero attached hydrogens (tertiary/aromatic N) is 4. The van der Waals surface area contributed by atoms with Crippen LogP contribution >= 0.6 is 0 Å². The van der Waals surface area contributed by atoms with Crippen molar-refractivity contribution < 1.29 is 4.79 Å². The number of rotatable bonds is 5. The van der Waals surface area contributed by atoms with E-state index in [-0.39, 0.29) is 12.1 Å². The van der Waals surface area contributed by atoms with Crippen LogP contribution in [0.5, 0.6) is 0 Å². The number of pyridine rings is 1. The molecule has 0 saturated carbocycles. The summed E-state index contributed by atoms with van der Waals surface area (Å²) in [5.74, 6) is 0.973. The number of aryl methyl sites for hydroxylation is 2. The highest BCUT2D eigenvalue weighted by molar-refractivity contribution is 5.89. The highest BCUT2D eigenvalue weighted by Gasteiger charge is 2.14. The fraction of sp³-hybridized carbons (Fsp3) is 0.500. The third kappa shape index (κ3) is 4.49. The van der Waals surface area contributed by atoms with Crippen LogP contribution in [0.25, 0.3) is 0 Å². The summed E-state index contributed by atoms with van der Waals surface area (Å²) in [5, 5.41) is 10.2. The van der Waals surface area contributed by atoms with Crippen molar-refractivity contribution in [3.8, 4) is 0 Å². The van der Waals surface area contributed by atoms with Crippen LogP contribution < -0.4 is 15.5 Å². The van der Waals surface area contributed by atoms with Crippen LogP contribution in [0.4, 0.5) is 16.3 Å². The van der Waals surface area contributed by atoms with Gasteiger partial charge in [-0.1, -0.05) is 0 Å². The van der Waals surface area contributed by atoms with Crippen molar-refractivity contribution in [1.29, 1.82) is 0 Å². The van der Waals surface area contributed by atoms with Crippen LogP contribution in [0.1, 0.15) is 31.2 Å². The number of carbonyl (C=O) groups excluding carboxylic acids is 1. The predicted molar refractivity (Wildman–Crippen MR) is 99.0 cm³/mol. The summed E-state index contributed by atoms with van der Waals surface area (Å²) in [6.07, 6.45) is 4.15. The van der Waals surface area contributed by atoms with E-state index in [9.17, 15) is 4.79 Å². The summed E-state index contributed by atoms with van der Waals surface area (Å²) in [5.41, 5.74) is 2.77. The lowest BCUT2D eigenvalue weighted by atomic mass is 10.3. The van der Waals surface area contributed by atoms with Gasteiger partial charge in [0.05, 0.1) is 24.1 Å². The second-order valence-corrected chi connectivity index (χ2v) is 6.71. The van der Waals surface area contributed by atoms with Crippen LogP contribution in [0, 0.1) is 13.8 Å². The van der Waals surface area contributed by atoms with Crippen molar-refractivity contribution in [3.05, 3.63) is 35.8 Å². The molecule has 1 aliphatic heterocycles. The molecule has 0 aliphatic carbocycles. The third-order valence-electron chi connectivity index (χ3n) is 4.36. The molecule has 2 N–H and O–H groups in total. The van der Waals surface area contributed by atoms with Gasteiger partial charge < -0.3 is 15.5 Å². The van der Waals surface area contributed by atoms with Gasteiger partial charge in [-0.15, -0.1) is 0 Å². The monoisotopic (exact) mass is 342 g/mol. The molecule has 0 spiro atoms. The van der Waals surface area contributed by atoms with E-state index in [1.54, 1.807) is 6.20 Å². The van der Waals surface area contributed by atoms with Gasteiger partial charge in [0.15, 0.2) is 0 Å². The molecule has 25 heavy (non-hydrogen) atoms. The first kappa shape index (κ1) is 17.3. The zero-order valence-corrected chi connectivity index (χ0v) is 15.1. The van der Waals surface area contributed by atoms with Crippen molar-refractivity contribution in [2.75, 3.05) is 23.3 Å². The molecule has 1 atom stereocenters. The zero-order chi connectivity index (χ0) is 17.8. The summed E-state index contributed by atoms with van der Waals surface area (Å²) in [6, 6.07) is 5.62. The Bertz CT molecular complexity index is 718. The summed E-state index contributed by atoms with van der Waals surface area (Å²) >= 11 is 0. The molecule has 0 aromatic carbocycles. The van der Waals surface area contributed by atoms with E-state index < -0.39 is 0 Å². The van der Waals surface area contributed by atoms with Gasteiger partial charge >= 0.3 is 6.03 Å². The first-order valence-electron chi connectivity index (χ1n) is 8.81. The van der Waals surface area contributed by atoms with Gasteiger partial charge in [0.1, 0.15) is 5.82 Å². The fourth-order valence-corrected chi connectivity index (χ4v) is 3.15. The lowest BCUT2D eigenvalue weighted by Gasteiger charge is -2.17. The lowest BCUT2D eigenvalue weighted by molar-refractivity contribution is 0.247. The number of hydrogen-bond acceptors (Lipinski definition) is 4. The van der Waals surface area contributed by atoms with Gasteiger partial charge in [0.2, 0.25) is 0 Å². The van der Waals surface area contributed by atoms with Crippen LogP contribution in [0.3, 0.4) is 0 Å². The van der Waals surface area contributed by atoms with E-state index in [4.69, 9.17) is 0 Å². The molecule has 3 rings (SSSR count). The molecule has 3 heterocycles. The summed E-state index contributed by atoms with van der Waals surface area (Å²) in [6.45, 7) is 8.70. The van der Waals surface area contributed by atoms with Crippen molar-refractivity contribution in [2.24, 2.45) is 0 Å². The normalized spacial score (nSPS) is 15.2. The fourth-order valence-electron chi connectivity index (χ4n) is 3.15. The molecule has 134 valence electrons. The molecule has 0 radical (unpaired) electrons. The molecule has 2 amide bonds. The van der Waals surface area contributed by atoms with Gasteiger partial charge in [-0.2, -0.15) is 5.10 Å². The highest BCUT2D eigenvalue weighted by atomic mass is 16.2. The van der Waals surface area contributed by atoms with E-state index >= 15 is 0 Å². The molecule has 1 saturated heterocycles. The summed E-state index contributed by atoms with van der Waals surface area (Å²) in [7, 11) is 0. The SMILES string of the molecule is Cc1cc(C)n(CC(C)NC(=O)Nc2ccc(N3CCCC3)nc2)n1. The standard InChI is InChI=1S/C18H26N6O/c1-13-10-15(3)24(22-13)12-14(2)20-18(25)21-16-6-7-17(19-11-16)23-8-4-5-9-23/h6-7,10-11,14H,4-5,8-9,12H2,1-3H3,(H2,20,21,25). The molecule has 1 unspecified atom stereocenters. The second-order valence-electron chi connectivity index (χ2n) is 6.71. The predicted octanol–water partition coefficient (Wildman–Crippen LogP) is 2.71. The Balaban J connectivity index is 1.50. The number of hydrogen-bond donors (Lipinski definition) is 2. The molecule has 2 aromatic rings. The van der Waals surface area contributed by atoms with Crippen LogP contribution in [-0.2, 0) is 6.54 Å². The van der Waals surface area contributed by atoms with Crippen molar-refractivity contribution in [2.45, 2.75) is 46.2 Å². The highest BCUT2D eigenvalue weighted by Crippen LogP contribution is 2.19. The number of nitrogens with one attached hydrogen (secondary N) is 2. The number of anilines is 2. The zero-order valence-electron chi connectivity index (χ0n) is 15.1. The third-order valence-corrected chi connectivity index (χ3v) is 4.36. The minimum Gasteiger partial charge on any atom is -0.357 e. The first-order chi connectivity index (χ1) is 12.0. The topological polar surface area (TPSA) is 75.1 Å². The average Bonchev–Trinajstić information content (AvgIpc) is 3.18.